The molecule has 1 amide bonds. The lowest BCUT2D eigenvalue weighted by atomic mass is 10.2. The van der Waals surface area contributed by atoms with E-state index in [1.165, 1.54) is 11.8 Å². The second kappa shape index (κ2) is 7.48. The van der Waals surface area contributed by atoms with E-state index in [1.807, 2.05) is 6.92 Å². The zero-order valence-corrected chi connectivity index (χ0v) is 11.0. The molecule has 1 unspecified atom stereocenters. The van der Waals surface area contributed by atoms with Crippen LogP contribution in [0.15, 0.2) is 0 Å². The Bertz CT molecular complexity index is 293. The molecule has 0 aromatic rings. The van der Waals surface area contributed by atoms with Gasteiger partial charge in [0.2, 0.25) is 5.91 Å². The van der Waals surface area contributed by atoms with Gasteiger partial charge in [0.15, 0.2) is 5.12 Å². The molecule has 0 spiro atoms. The molecular weight excluding hydrogens is 238 g/mol. The maximum absolute atomic E-state index is 11.5. The van der Waals surface area contributed by atoms with Crippen molar-refractivity contribution in [2.75, 3.05) is 12.3 Å². The fourth-order valence-corrected chi connectivity index (χ4v) is 2.64. The van der Waals surface area contributed by atoms with Gasteiger partial charge in [0.25, 0.3) is 0 Å². The molecular formula is C12H19NO3S. The van der Waals surface area contributed by atoms with Gasteiger partial charge in [-0.2, -0.15) is 0 Å². The van der Waals surface area contributed by atoms with Gasteiger partial charge in [0, 0.05) is 25.1 Å². The molecule has 1 aliphatic rings. The molecule has 1 fully saturated rings. The van der Waals surface area contributed by atoms with E-state index in [0.29, 0.717) is 25.8 Å². The Labute approximate surface area is 106 Å². The highest BCUT2D eigenvalue weighted by Gasteiger charge is 2.29. The molecule has 1 saturated heterocycles. The van der Waals surface area contributed by atoms with Crippen LogP contribution >= 0.6 is 11.8 Å². The third-order valence-electron chi connectivity index (χ3n) is 2.88. The molecule has 0 bridgehead atoms. The fourth-order valence-electron chi connectivity index (χ4n) is 1.86. The summed E-state index contributed by atoms with van der Waals surface area (Å²) >= 11 is 1.35. The number of aldehydes is 1. The summed E-state index contributed by atoms with van der Waals surface area (Å²) in [6.07, 6.45) is 4.35. The molecule has 96 valence electrons. The Kier molecular flexibility index (Phi) is 6.26. The van der Waals surface area contributed by atoms with Crippen LogP contribution in [0.5, 0.6) is 0 Å². The van der Waals surface area contributed by atoms with E-state index in [0.717, 1.165) is 24.9 Å². The lowest BCUT2D eigenvalue weighted by molar-refractivity contribution is -0.131. The third-order valence-corrected chi connectivity index (χ3v) is 3.98. The van der Waals surface area contributed by atoms with Crippen molar-refractivity contribution in [3.8, 4) is 0 Å². The molecule has 0 aromatic heterocycles. The van der Waals surface area contributed by atoms with Crippen molar-refractivity contribution in [1.82, 2.24) is 4.90 Å². The van der Waals surface area contributed by atoms with E-state index in [9.17, 15) is 14.4 Å². The van der Waals surface area contributed by atoms with Crippen molar-refractivity contribution < 1.29 is 14.4 Å². The molecule has 0 aromatic carbocycles. The van der Waals surface area contributed by atoms with Crippen LogP contribution in [0, 0.1) is 0 Å². The van der Waals surface area contributed by atoms with Crippen molar-refractivity contribution in [1.29, 1.82) is 0 Å². The molecule has 17 heavy (non-hydrogen) atoms. The highest BCUT2D eigenvalue weighted by atomic mass is 32.2. The Hall–Kier alpha value is -0.840. The first-order chi connectivity index (χ1) is 8.19. The summed E-state index contributed by atoms with van der Waals surface area (Å²) in [5.41, 5.74) is 0. The SMILES string of the molecule is CCC(=O)SCCCCN1C(=O)CCC1C=O. The van der Waals surface area contributed by atoms with Crippen LogP contribution < -0.4 is 0 Å². The molecule has 0 saturated carbocycles. The Morgan fingerprint density at radius 2 is 2.29 bits per heavy atom. The first-order valence-corrected chi connectivity index (χ1v) is 7.08. The molecule has 0 radical (unpaired) electrons. The number of amides is 1. The highest BCUT2D eigenvalue weighted by molar-refractivity contribution is 8.13. The Morgan fingerprint density at radius 1 is 1.53 bits per heavy atom. The standard InChI is InChI=1S/C12H19NO3S/c1-2-12(16)17-8-4-3-7-13-10(9-14)5-6-11(13)15/h9-10H,2-8H2,1H3. The molecule has 0 N–H and O–H groups in total. The van der Waals surface area contributed by atoms with Crippen LogP contribution in [0.25, 0.3) is 0 Å². The third kappa shape index (κ3) is 4.50. The van der Waals surface area contributed by atoms with Crippen LogP contribution in [0.3, 0.4) is 0 Å². The van der Waals surface area contributed by atoms with Crippen LogP contribution in [0.4, 0.5) is 0 Å². The minimum atomic E-state index is -0.215. The Morgan fingerprint density at radius 3 is 2.94 bits per heavy atom. The lowest BCUT2D eigenvalue weighted by Gasteiger charge is -2.20. The number of hydrogen-bond donors (Lipinski definition) is 0. The van der Waals surface area contributed by atoms with Crippen LogP contribution in [0.2, 0.25) is 0 Å². The lowest BCUT2D eigenvalue weighted by Crippen LogP contribution is -2.34. The number of carbonyl (C=O) groups is 3. The summed E-state index contributed by atoms with van der Waals surface area (Å²) in [5, 5.41) is 0.216. The van der Waals surface area contributed by atoms with Gasteiger partial charge in [-0.3, -0.25) is 9.59 Å². The number of hydrogen-bond acceptors (Lipinski definition) is 4. The van der Waals surface area contributed by atoms with E-state index in [2.05, 4.69) is 0 Å². The minimum Gasteiger partial charge on any atom is -0.333 e. The number of unbranched alkanes of at least 4 members (excludes halogenated alkanes) is 1. The first kappa shape index (κ1) is 14.2. The average molecular weight is 257 g/mol. The molecule has 0 aliphatic carbocycles. The van der Waals surface area contributed by atoms with Crippen LogP contribution in [-0.2, 0) is 14.4 Å². The second-order valence-electron chi connectivity index (χ2n) is 4.11. The Balaban J connectivity index is 2.15. The second-order valence-corrected chi connectivity index (χ2v) is 5.26. The van der Waals surface area contributed by atoms with E-state index >= 15 is 0 Å². The van der Waals surface area contributed by atoms with Gasteiger partial charge < -0.3 is 9.69 Å². The monoisotopic (exact) mass is 257 g/mol. The normalized spacial score (nSPS) is 19.7. The maximum Gasteiger partial charge on any atom is 0.223 e. The van der Waals surface area contributed by atoms with E-state index in [4.69, 9.17) is 0 Å². The first-order valence-electron chi connectivity index (χ1n) is 6.09. The summed E-state index contributed by atoms with van der Waals surface area (Å²) < 4.78 is 0. The van der Waals surface area contributed by atoms with Gasteiger partial charge >= 0.3 is 0 Å². The average Bonchev–Trinajstić information content (AvgIpc) is 2.69. The number of nitrogens with zero attached hydrogens (tertiary/aromatic N) is 1. The van der Waals surface area contributed by atoms with Crippen LogP contribution in [0.1, 0.15) is 39.0 Å². The predicted octanol–water partition coefficient (Wildman–Crippen LogP) is 1.63. The zero-order chi connectivity index (χ0) is 12.7. The van der Waals surface area contributed by atoms with Gasteiger partial charge in [-0.25, -0.2) is 0 Å². The number of thioether (sulfide) groups is 1. The summed E-state index contributed by atoms with van der Waals surface area (Å²) in [6.45, 7) is 2.50. The van der Waals surface area contributed by atoms with E-state index in [-0.39, 0.29) is 17.1 Å². The topological polar surface area (TPSA) is 54.5 Å². The summed E-state index contributed by atoms with van der Waals surface area (Å²) in [5.74, 6) is 0.889. The smallest absolute Gasteiger partial charge is 0.223 e. The minimum absolute atomic E-state index is 0.0828. The van der Waals surface area contributed by atoms with Crippen molar-refractivity contribution in [2.24, 2.45) is 0 Å². The molecule has 1 heterocycles. The van der Waals surface area contributed by atoms with Gasteiger partial charge in [-0.15, -0.1) is 0 Å². The largest absolute Gasteiger partial charge is 0.333 e. The summed E-state index contributed by atoms with van der Waals surface area (Å²) in [4.78, 5) is 34.9. The fraction of sp³-hybridized carbons (Fsp3) is 0.750. The van der Waals surface area contributed by atoms with Gasteiger partial charge in [-0.05, 0) is 19.3 Å². The van der Waals surface area contributed by atoms with Gasteiger partial charge in [0.1, 0.15) is 6.29 Å². The summed E-state index contributed by atoms with van der Waals surface area (Å²) in [6, 6.07) is -0.215. The predicted molar refractivity (Wildman–Crippen MR) is 67.8 cm³/mol. The van der Waals surface area contributed by atoms with Gasteiger partial charge in [0.05, 0.1) is 6.04 Å². The molecule has 1 aliphatic heterocycles. The quantitative estimate of drug-likeness (QED) is 0.514. The van der Waals surface area contributed by atoms with E-state index < -0.39 is 0 Å². The zero-order valence-electron chi connectivity index (χ0n) is 10.2. The molecule has 1 atom stereocenters. The van der Waals surface area contributed by atoms with Crippen molar-refractivity contribution in [3.05, 3.63) is 0 Å². The van der Waals surface area contributed by atoms with Crippen molar-refractivity contribution in [3.63, 3.8) is 0 Å². The van der Waals surface area contributed by atoms with E-state index in [1.54, 1.807) is 4.90 Å². The molecule has 5 heteroatoms. The number of carbonyl (C=O) groups excluding carboxylic acids is 3. The highest BCUT2D eigenvalue weighted by Crippen LogP contribution is 2.18. The number of likely N-dealkylation sites (tertiary alicyclic amines) is 1. The van der Waals surface area contributed by atoms with Crippen molar-refractivity contribution >= 4 is 29.1 Å². The molecule has 4 nitrogen and oxygen atoms in total. The van der Waals surface area contributed by atoms with Crippen molar-refractivity contribution in [2.45, 2.75) is 45.1 Å². The maximum atomic E-state index is 11.5. The van der Waals surface area contributed by atoms with Crippen LogP contribution in [-0.4, -0.2) is 40.5 Å². The molecule has 1 rings (SSSR count). The summed E-state index contributed by atoms with van der Waals surface area (Å²) in [7, 11) is 0. The number of rotatable bonds is 7. The van der Waals surface area contributed by atoms with Gasteiger partial charge in [-0.1, -0.05) is 18.7 Å².